The SMILES string of the molecule is CC(=O)C1CCCN1C(C)=O.CC(C)=C(C)Cl.CNC(=O)c1ccccc1. The van der Waals surface area contributed by atoms with Crippen molar-refractivity contribution in [1.82, 2.24) is 10.2 Å². The molecule has 2 rings (SSSR count). The Morgan fingerprint density at radius 1 is 1.04 bits per heavy atom. The molecule has 1 heterocycles. The van der Waals surface area contributed by atoms with Crippen LogP contribution in [0.5, 0.6) is 0 Å². The topological polar surface area (TPSA) is 66.5 Å². The summed E-state index contributed by atoms with van der Waals surface area (Å²) in [7, 11) is 1.62. The second kappa shape index (κ2) is 13.1. The smallest absolute Gasteiger partial charge is 0.251 e. The van der Waals surface area contributed by atoms with E-state index < -0.39 is 0 Å². The van der Waals surface area contributed by atoms with Crippen molar-refractivity contribution in [3.8, 4) is 0 Å². The number of amides is 2. The first-order chi connectivity index (χ1) is 12.6. The average Bonchev–Trinajstić information content (AvgIpc) is 3.13. The Morgan fingerprint density at radius 2 is 1.56 bits per heavy atom. The van der Waals surface area contributed by atoms with Crippen molar-refractivity contribution in [1.29, 1.82) is 0 Å². The van der Waals surface area contributed by atoms with Gasteiger partial charge >= 0.3 is 0 Å². The van der Waals surface area contributed by atoms with Gasteiger partial charge < -0.3 is 10.2 Å². The van der Waals surface area contributed by atoms with Crippen molar-refractivity contribution in [2.75, 3.05) is 13.6 Å². The van der Waals surface area contributed by atoms with Crippen LogP contribution in [-0.4, -0.2) is 42.1 Å². The Bertz CT molecular complexity index is 619. The van der Waals surface area contributed by atoms with Crippen LogP contribution in [0, 0.1) is 0 Å². The molecule has 1 aliphatic heterocycles. The lowest BCUT2D eigenvalue weighted by atomic mass is 10.1. The van der Waals surface area contributed by atoms with Gasteiger partial charge in [-0.05, 0) is 52.7 Å². The van der Waals surface area contributed by atoms with Gasteiger partial charge in [0.15, 0.2) is 5.78 Å². The summed E-state index contributed by atoms with van der Waals surface area (Å²) in [5.74, 6) is 0.0843. The number of Topliss-reactive ketones (excluding diaryl/α,β-unsaturated/α-hetero) is 1. The molecule has 150 valence electrons. The number of benzene rings is 1. The van der Waals surface area contributed by atoms with Gasteiger partial charge in [0.05, 0.1) is 6.04 Å². The second-order valence-electron chi connectivity index (χ2n) is 6.46. The minimum atomic E-state index is -0.132. The lowest BCUT2D eigenvalue weighted by Crippen LogP contribution is -2.37. The van der Waals surface area contributed by atoms with Crippen molar-refractivity contribution < 1.29 is 14.4 Å². The van der Waals surface area contributed by atoms with Crippen molar-refractivity contribution in [3.63, 3.8) is 0 Å². The highest BCUT2D eigenvalue weighted by Gasteiger charge is 2.29. The number of allylic oxidation sites excluding steroid dienone is 2. The van der Waals surface area contributed by atoms with Gasteiger partial charge in [-0.15, -0.1) is 0 Å². The summed E-state index contributed by atoms with van der Waals surface area (Å²) in [6, 6.07) is 8.98. The predicted octanol–water partition coefficient (Wildman–Crippen LogP) is 4.17. The van der Waals surface area contributed by atoms with E-state index >= 15 is 0 Å². The molecule has 1 saturated heterocycles. The molecule has 1 aromatic carbocycles. The van der Waals surface area contributed by atoms with E-state index in [1.165, 1.54) is 12.5 Å². The standard InChI is InChI=1S/C8H13NO2.C8H9NO.C5H9Cl/c1-6(10)8-4-3-5-9(8)7(2)11;1-9-8(10)7-5-3-2-4-6-7;1-4(2)5(3)6/h8H,3-5H2,1-2H3;2-6H,1H3,(H,9,10);1-3H3. The number of nitrogens with one attached hydrogen (secondary N) is 1. The zero-order valence-electron chi connectivity index (χ0n) is 17.1. The van der Waals surface area contributed by atoms with E-state index in [1.807, 2.05) is 39.0 Å². The summed E-state index contributed by atoms with van der Waals surface area (Å²) in [4.78, 5) is 34.5. The third-order valence-corrected chi connectivity index (χ3v) is 4.46. The summed E-state index contributed by atoms with van der Waals surface area (Å²) < 4.78 is 0. The van der Waals surface area contributed by atoms with Crippen LogP contribution >= 0.6 is 11.6 Å². The maximum absolute atomic E-state index is 11.0. The maximum atomic E-state index is 11.0. The van der Waals surface area contributed by atoms with Gasteiger partial charge in [0.25, 0.3) is 5.91 Å². The number of carbonyl (C=O) groups is 3. The third kappa shape index (κ3) is 9.94. The van der Waals surface area contributed by atoms with Crippen molar-refractivity contribution >= 4 is 29.2 Å². The molecule has 1 N–H and O–H groups in total. The summed E-state index contributed by atoms with van der Waals surface area (Å²) in [6.07, 6.45) is 1.80. The number of halogens is 1. The van der Waals surface area contributed by atoms with Crippen LogP contribution in [0.15, 0.2) is 40.9 Å². The zero-order chi connectivity index (χ0) is 21.0. The molecule has 1 aromatic rings. The van der Waals surface area contributed by atoms with Crippen LogP contribution in [0.1, 0.15) is 57.8 Å². The first-order valence-electron chi connectivity index (χ1n) is 8.96. The lowest BCUT2D eigenvalue weighted by Gasteiger charge is -2.20. The summed E-state index contributed by atoms with van der Waals surface area (Å²) in [6.45, 7) is 9.67. The average molecular weight is 395 g/mol. The fourth-order valence-corrected chi connectivity index (χ4v) is 2.30. The highest BCUT2D eigenvalue weighted by atomic mass is 35.5. The van der Waals surface area contributed by atoms with Gasteiger partial charge in [0, 0.05) is 31.1 Å². The Kier molecular flexibility index (Phi) is 12.1. The van der Waals surface area contributed by atoms with Crippen LogP contribution in [0.2, 0.25) is 0 Å². The zero-order valence-corrected chi connectivity index (χ0v) is 17.9. The number of nitrogens with zero attached hydrogens (tertiary/aromatic N) is 1. The number of ketones is 1. The second-order valence-corrected chi connectivity index (χ2v) is 7.03. The fourth-order valence-electron chi connectivity index (χ4n) is 2.30. The minimum absolute atomic E-state index is 0.0164. The molecule has 1 unspecified atom stereocenters. The monoisotopic (exact) mass is 394 g/mol. The van der Waals surface area contributed by atoms with Crippen LogP contribution in [0.4, 0.5) is 0 Å². The van der Waals surface area contributed by atoms with Gasteiger partial charge in [-0.25, -0.2) is 0 Å². The molecule has 0 aromatic heterocycles. The molecule has 0 bridgehead atoms. The van der Waals surface area contributed by atoms with E-state index in [2.05, 4.69) is 5.32 Å². The molecular formula is C21H31ClN2O3. The molecule has 1 atom stereocenters. The van der Waals surface area contributed by atoms with Crippen molar-refractivity contribution in [2.24, 2.45) is 0 Å². The summed E-state index contributed by atoms with van der Waals surface area (Å²) >= 11 is 5.49. The molecule has 1 fully saturated rings. The number of carbonyl (C=O) groups excluding carboxylic acids is 3. The molecule has 5 nitrogen and oxygen atoms in total. The Balaban J connectivity index is 0.000000394. The largest absolute Gasteiger partial charge is 0.355 e. The number of hydrogen-bond donors (Lipinski definition) is 1. The van der Waals surface area contributed by atoms with Gasteiger partial charge in [-0.1, -0.05) is 35.4 Å². The fraction of sp³-hybridized carbons (Fsp3) is 0.476. The third-order valence-electron chi connectivity index (χ3n) is 4.08. The van der Waals surface area contributed by atoms with E-state index in [1.54, 1.807) is 31.0 Å². The molecule has 2 amide bonds. The van der Waals surface area contributed by atoms with E-state index in [0.717, 1.165) is 24.4 Å². The predicted molar refractivity (Wildman–Crippen MR) is 111 cm³/mol. The Morgan fingerprint density at radius 3 is 1.89 bits per heavy atom. The van der Waals surface area contributed by atoms with Crippen LogP contribution in [0.3, 0.4) is 0 Å². The van der Waals surface area contributed by atoms with Gasteiger partial charge in [0.1, 0.15) is 0 Å². The highest BCUT2D eigenvalue weighted by Crippen LogP contribution is 2.17. The first kappa shape index (κ1) is 24.9. The molecule has 6 heteroatoms. The highest BCUT2D eigenvalue weighted by molar-refractivity contribution is 6.29. The normalized spacial score (nSPS) is 14.8. The van der Waals surface area contributed by atoms with Crippen molar-refractivity contribution in [2.45, 2.75) is 53.5 Å². The minimum Gasteiger partial charge on any atom is -0.355 e. The van der Waals surface area contributed by atoms with Crippen LogP contribution in [-0.2, 0) is 9.59 Å². The van der Waals surface area contributed by atoms with Gasteiger partial charge in [0.2, 0.25) is 5.91 Å². The molecule has 0 saturated carbocycles. The quantitative estimate of drug-likeness (QED) is 0.818. The molecule has 1 aliphatic rings. The maximum Gasteiger partial charge on any atom is 0.251 e. The number of rotatable bonds is 2. The van der Waals surface area contributed by atoms with E-state index in [-0.39, 0.29) is 23.6 Å². The number of hydrogen-bond acceptors (Lipinski definition) is 3. The first-order valence-corrected chi connectivity index (χ1v) is 9.33. The number of likely N-dealkylation sites (tertiary alicyclic amines) is 1. The molecular weight excluding hydrogens is 364 g/mol. The van der Waals surface area contributed by atoms with E-state index in [0.29, 0.717) is 5.56 Å². The van der Waals surface area contributed by atoms with Gasteiger partial charge in [-0.3, -0.25) is 14.4 Å². The van der Waals surface area contributed by atoms with E-state index in [9.17, 15) is 14.4 Å². The lowest BCUT2D eigenvalue weighted by molar-refractivity contribution is -0.135. The van der Waals surface area contributed by atoms with Crippen molar-refractivity contribution in [3.05, 3.63) is 46.5 Å². The van der Waals surface area contributed by atoms with Gasteiger partial charge in [-0.2, -0.15) is 0 Å². The molecule has 0 spiro atoms. The summed E-state index contributed by atoms with van der Waals surface area (Å²) in [5, 5.41) is 3.44. The van der Waals surface area contributed by atoms with Crippen LogP contribution in [0.25, 0.3) is 0 Å². The molecule has 0 radical (unpaired) electrons. The Hall–Kier alpha value is -2.14. The summed E-state index contributed by atoms with van der Waals surface area (Å²) in [5.41, 5.74) is 1.89. The van der Waals surface area contributed by atoms with Crippen LogP contribution < -0.4 is 5.32 Å². The molecule has 0 aliphatic carbocycles. The molecule has 27 heavy (non-hydrogen) atoms. The Labute approximate surface area is 167 Å². The van der Waals surface area contributed by atoms with E-state index in [4.69, 9.17) is 11.6 Å².